The van der Waals surface area contributed by atoms with E-state index < -0.39 is 0 Å². The number of nitrogens with one attached hydrogen (secondary N) is 2. The Morgan fingerprint density at radius 1 is 1.25 bits per heavy atom. The number of piperidine rings is 2. The molecule has 2 unspecified atom stereocenters. The molecule has 0 radical (unpaired) electrons. The highest BCUT2D eigenvalue weighted by Crippen LogP contribution is 2.51. The van der Waals surface area contributed by atoms with E-state index in [0.29, 0.717) is 12.0 Å². The lowest BCUT2D eigenvalue weighted by Crippen LogP contribution is -2.56. The molecule has 5 heteroatoms. The maximum absolute atomic E-state index is 11.3. The van der Waals surface area contributed by atoms with Gasteiger partial charge >= 0.3 is 5.69 Å². The van der Waals surface area contributed by atoms with Crippen molar-refractivity contribution < 1.29 is 0 Å². The molecule has 1 saturated carbocycles. The van der Waals surface area contributed by atoms with Gasteiger partial charge in [0.2, 0.25) is 0 Å². The Balaban J connectivity index is 1.48. The Labute approximate surface area is 164 Å². The van der Waals surface area contributed by atoms with Crippen LogP contribution in [0.15, 0.2) is 35.4 Å². The molecule has 4 aliphatic rings. The van der Waals surface area contributed by atoms with Crippen molar-refractivity contribution in [3.05, 3.63) is 52.3 Å². The van der Waals surface area contributed by atoms with Crippen LogP contribution in [0.5, 0.6) is 0 Å². The lowest BCUT2D eigenvalue weighted by molar-refractivity contribution is -0.0134. The Bertz CT molecular complexity index is 1090. The van der Waals surface area contributed by atoms with Crippen molar-refractivity contribution >= 4 is 10.9 Å². The summed E-state index contributed by atoms with van der Waals surface area (Å²) in [5, 5.41) is 1.34. The van der Waals surface area contributed by atoms with Crippen molar-refractivity contribution in [3.8, 4) is 11.1 Å². The van der Waals surface area contributed by atoms with Crippen molar-refractivity contribution in [2.24, 2.45) is 11.8 Å². The van der Waals surface area contributed by atoms with Crippen LogP contribution in [0, 0.1) is 11.8 Å². The molecular formula is C23H26N4O. The fraction of sp³-hybridized carbons (Fsp3) is 0.478. The van der Waals surface area contributed by atoms with E-state index in [1.807, 2.05) is 0 Å². The average Bonchev–Trinajstić information content (AvgIpc) is 3.05. The molecule has 4 bridgehead atoms. The molecule has 2 N–H and O–H groups in total. The molecule has 2 saturated heterocycles. The summed E-state index contributed by atoms with van der Waals surface area (Å²) in [6.07, 6.45) is 8.60. The summed E-state index contributed by atoms with van der Waals surface area (Å²) in [5.41, 5.74) is 6.03. The van der Waals surface area contributed by atoms with Crippen LogP contribution in [0.1, 0.15) is 43.4 Å². The molecule has 1 aliphatic carbocycles. The highest BCUT2D eigenvalue weighted by atomic mass is 16.1. The number of H-pyrrole nitrogens is 2. The zero-order valence-corrected chi connectivity index (χ0v) is 16.2. The molecule has 0 amide bonds. The van der Waals surface area contributed by atoms with Gasteiger partial charge in [-0.2, -0.15) is 0 Å². The second-order valence-corrected chi connectivity index (χ2v) is 8.93. The molecule has 5 heterocycles. The molecule has 2 aromatic heterocycles. The number of fused-ring (bicyclic) bond motifs is 4. The Kier molecular flexibility index (Phi) is 3.57. The first-order valence-corrected chi connectivity index (χ1v) is 10.6. The molecule has 5 atom stereocenters. The van der Waals surface area contributed by atoms with E-state index in [2.05, 4.69) is 45.0 Å². The predicted molar refractivity (Wildman–Crippen MR) is 110 cm³/mol. The van der Waals surface area contributed by atoms with Gasteiger partial charge in [0.25, 0.3) is 0 Å². The average molecular weight is 374 g/mol. The molecule has 28 heavy (non-hydrogen) atoms. The number of rotatable bonds is 2. The zero-order valence-electron chi connectivity index (χ0n) is 16.2. The number of hydrogen-bond donors (Lipinski definition) is 2. The molecule has 1 aromatic carbocycles. The third-order valence-electron chi connectivity index (χ3n) is 7.52. The van der Waals surface area contributed by atoms with Crippen LogP contribution in [0.2, 0.25) is 0 Å². The standard InChI is InChI=1S/C23H26N4O/c1-2-14-7-13-8-19-21-17(5-6-27(12-13)22(14)19)18-9-15(3-4-20(18)26-21)16-10-24-23(28)25-11-16/h3-4,9-11,13-14,19,22,26H,2,5-8,12H2,1H3,(H,24,25,28)/t13-,14-,19-,22?/m0/s1. The van der Waals surface area contributed by atoms with E-state index in [0.717, 1.165) is 29.4 Å². The lowest BCUT2D eigenvalue weighted by atomic mass is 9.65. The fourth-order valence-corrected chi connectivity index (χ4v) is 6.37. The van der Waals surface area contributed by atoms with Gasteiger partial charge in [-0.1, -0.05) is 19.4 Å². The smallest absolute Gasteiger partial charge is 0.344 e. The summed E-state index contributed by atoms with van der Waals surface area (Å²) in [6, 6.07) is 7.31. The quantitative estimate of drug-likeness (QED) is 0.719. The third-order valence-corrected chi connectivity index (χ3v) is 7.52. The summed E-state index contributed by atoms with van der Waals surface area (Å²) >= 11 is 0. The summed E-state index contributed by atoms with van der Waals surface area (Å²) in [5.74, 6) is 2.36. The van der Waals surface area contributed by atoms with Crippen LogP contribution in [0.25, 0.3) is 22.0 Å². The van der Waals surface area contributed by atoms with E-state index in [1.54, 1.807) is 12.4 Å². The molecule has 144 valence electrons. The largest absolute Gasteiger partial charge is 0.358 e. The molecule has 3 fully saturated rings. The van der Waals surface area contributed by atoms with E-state index in [4.69, 9.17) is 0 Å². The zero-order chi connectivity index (χ0) is 18.8. The summed E-state index contributed by atoms with van der Waals surface area (Å²) < 4.78 is 0. The van der Waals surface area contributed by atoms with Crippen molar-refractivity contribution in [2.75, 3.05) is 13.1 Å². The van der Waals surface area contributed by atoms with Gasteiger partial charge in [0, 0.05) is 59.6 Å². The minimum absolute atomic E-state index is 0.304. The first-order chi connectivity index (χ1) is 13.7. The van der Waals surface area contributed by atoms with E-state index in [9.17, 15) is 4.79 Å². The minimum atomic E-state index is -0.304. The molecular weight excluding hydrogens is 348 g/mol. The van der Waals surface area contributed by atoms with Crippen LogP contribution in [-0.2, 0) is 6.42 Å². The fourth-order valence-electron chi connectivity index (χ4n) is 6.37. The van der Waals surface area contributed by atoms with Gasteiger partial charge in [-0.3, -0.25) is 4.90 Å². The van der Waals surface area contributed by atoms with Gasteiger partial charge in [-0.05, 0) is 54.4 Å². The van der Waals surface area contributed by atoms with Gasteiger partial charge in [-0.15, -0.1) is 0 Å². The van der Waals surface area contributed by atoms with Crippen molar-refractivity contribution in [2.45, 2.75) is 44.6 Å². The highest BCUT2D eigenvalue weighted by Gasteiger charge is 2.48. The van der Waals surface area contributed by atoms with Crippen molar-refractivity contribution in [3.63, 3.8) is 0 Å². The maximum Gasteiger partial charge on any atom is 0.344 e. The second-order valence-electron chi connectivity index (χ2n) is 8.93. The summed E-state index contributed by atoms with van der Waals surface area (Å²) in [4.78, 5) is 24.5. The topological polar surface area (TPSA) is 64.8 Å². The van der Waals surface area contributed by atoms with Crippen molar-refractivity contribution in [1.82, 2.24) is 19.9 Å². The highest BCUT2D eigenvalue weighted by molar-refractivity contribution is 5.89. The number of aromatic nitrogens is 3. The Morgan fingerprint density at radius 2 is 2.18 bits per heavy atom. The van der Waals surface area contributed by atoms with Crippen molar-refractivity contribution in [1.29, 1.82) is 0 Å². The van der Waals surface area contributed by atoms with Crippen LogP contribution in [0.3, 0.4) is 0 Å². The van der Waals surface area contributed by atoms with Gasteiger partial charge in [0.1, 0.15) is 0 Å². The van der Waals surface area contributed by atoms with Gasteiger partial charge in [0.15, 0.2) is 0 Å². The van der Waals surface area contributed by atoms with Crippen LogP contribution < -0.4 is 5.69 Å². The van der Waals surface area contributed by atoms with Gasteiger partial charge in [0.05, 0.1) is 0 Å². The molecule has 7 rings (SSSR count). The Hall–Kier alpha value is -2.40. The first-order valence-electron chi connectivity index (χ1n) is 10.6. The normalized spacial score (nSPS) is 31.0. The van der Waals surface area contributed by atoms with E-state index in [-0.39, 0.29) is 5.69 Å². The molecule has 3 aliphatic heterocycles. The molecule has 0 spiro atoms. The van der Waals surface area contributed by atoms with Crippen LogP contribution in [0.4, 0.5) is 0 Å². The van der Waals surface area contributed by atoms with Gasteiger partial charge in [-0.25, -0.2) is 9.78 Å². The maximum atomic E-state index is 11.3. The minimum Gasteiger partial charge on any atom is -0.358 e. The number of benzene rings is 1. The van der Waals surface area contributed by atoms with Gasteiger partial charge < -0.3 is 9.97 Å². The number of hydrogen-bond acceptors (Lipinski definition) is 3. The van der Waals surface area contributed by atoms with E-state index >= 15 is 0 Å². The monoisotopic (exact) mass is 374 g/mol. The molecule has 3 aromatic rings. The first kappa shape index (κ1) is 16.5. The lowest BCUT2D eigenvalue weighted by Gasteiger charge is -2.53. The number of nitrogens with zero attached hydrogens (tertiary/aromatic N) is 2. The third kappa shape index (κ3) is 2.35. The van der Waals surface area contributed by atoms with Crippen LogP contribution in [-0.4, -0.2) is 39.0 Å². The predicted octanol–water partition coefficient (Wildman–Crippen LogP) is 3.68. The second kappa shape index (κ2) is 6.05. The summed E-state index contributed by atoms with van der Waals surface area (Å²) in [6.45, 7) is 4.85. The van der Waals surface area contributed by atoms with Crippen LogP contribution >= 0.6 is 0 Å². The summed E-state index contributed by atoms with van der Waals surface area (Å²) in [7, 11) is 0. The SMILES string of the molecule is CC[C@H]1C[C@H]2C[C@H]3c4[nH]c5ccc(-c6cnc(=O)[nH]c6)cc5c4CCN(C2)C13. The number of aromatic amines is 2. The molecule has 5 nitrogen and oxygen atoms in total. The van der Waals surface area contributed by atoms with E-state index in [1.165, 1.54) is 54.5 Å². The Morgan fingerprint density at radius 3 is 3.00 bits per heavy atom.